The van der Waals surface area contributed by atoms with Crippen molar-refractivity contribution in [2.24, 2.45) is 5.92 Å². The van der Waals surface area contributed by atoms with Crippen LogP contribution in [0.5, 0.6) is 0 Å². The Bertz CT molecular complexity index is 108. The Morgan fingerprint density at radius 1 is 1.67 bits per heavy atom. The van der Waals surface area contributed by atoms with Crippen LogP contribution in [0.2, 0.25) is 0 Å². The quantitative estimate of drug-likeness (QED) is 0.604. The predicted molar refractivity (Wildman–Crippen MR) is 37.7 cm³/mol. The Morgan fingerprint density at radius 2 is 2.44 bits per heavy atom. The Labute approximate surface area is 58.6 Å². The van der Waals surface area contributed by atoms with Crippen molar-refractivity contribution in [3.05, 3.63) is 0 Å². The molecule has 1 unspecified atom stereocenters. The summed E-state index contributed by atoms with van der Waals surface area (Å²) in [5.74, 6) is 1.27. The van der Waals surface area contributed by atoms with Crippen molar-refractivity contribution < 1.29 is 9.90 Å². The molecule has 1 atom stereocenters. The van der Waals surface area contributed by atoms with Crippen molar-refractivity contribution in [3.63, 3.8) is 0 Å². The van der Waals surface area contributed by atoms with E-state index in [1.165, 1.54) is 0 Å². The summed E-state index contributed by atoms with van der Waals surface area (Å²) >= 11 is 1.75. The van der Waals surface area contributed by atoms with Gasteiger partial charge in [0.2, 0.25) is 0 Å². The molecule has 3 heteroatoms. The molecule has 0 aromatic rings. The highest BCUT2D eigenvalue weighted by Crippen LogP contribution is 2.22. The van der Waals surface area contributed by atoms with Crippen LogP contribution in [0.3, 0.4) is 0 Å². The molecule has 1 heterocycles. The van der Waals surface area contributed by atoms with E-state index in [2.05, 4.69) is 0 Å². The number of thioether (sulfide) groups is 1. The highest BCUT2D eigenvalue weighted by molar-refractivity contribution is 7.99. The average Bonchev–Trinajstić information content (AvgIpc) is 1.90. The minimum absolute atomic E-state index is 0.0660. The first-order valence-corrected chi connectivity index (χ1v) is 4.26. The van der Waals surface area contributed by atoms with Gasteiger partial charge >= 0.3 is 5.97 Å². The summed E-state index contributed by atoms with van der Waals surface area (Å²) in [4.78, 5) is 10.3. The summed E-state index contributed by atoms with van der Waals surface area (Å²) in [6.45, 7) is 0. The molecule has 1 fully saturated rings. The van der Waals surface area contributed by atoms with Gasteiger partial charge in [0, 0.05) is 5.75 Å². The van der Waals surface area contributed by atoms with Gasteiger partial charge in [-0.2, -0.15) is 11.8 Å². The molecule has 52 valence electrons. The molecule has 0 bridgehead atoms. The van der Waals surface area contributed by atoms with Crippen LogP contribution in [0.4, 0.5) is 0 Å². The first-order valence-electron chi connectivity index (χ1n) is 3.11. The number of carbonyl (C=O) groups is 1. The molecule has 0 radical (unpaired) electrons. The third-order valence-electron chi connectivity index (χ3n) is 1.51. The molecule has 1 aliphatic heterocycles. The van der Waals surface area contributed by atoms with Gasteiger partial charge in [-0.3, -0.25) is 4.79 Å². The highest BCUT2D eigenvalue weighted by Gasteiger charge is 2.19. The summed E-state index contributed by atoms with van der Waals surface area (Å²) in [6.07, 6.45) is 1.95. The predicted octanol–water partition coefficient (Wildman–Crippen LogP) is 1.21. The van der Waals surface area contributed by atoms with Gasteiger partial charge < -0.3 is 5.11 Å². The molecule has 0 saturated carbocycles. The van der Waals surface area contributed by atoms with E-state index in [1.54, 1.807) is 11.8 Å². The molecule has 0 spiro atoms. The molecule has 1 N–H and O–H groups in total. The number of rotatable bonds is 1. The van der Waals surface area contributed by atoms with Crippen LogP contribution in [0.1, 0.15) is 12.8 Å². The number of hydrogen-bond acceptors (Lipinski definition) is 2. The van der Waals surface area contributed by atoms with Gasteiger partial charge in [0.25, 0.3) is 0 Å². The van der Waals surface area contributed by atoms with Gasteiger partial charge in [-0.1, -0.05) is 0 Å². The van der Waals surface area contributed by atoms with Crippen LogP contribution in [0, 0.1) is 5.92 Å². The molecule has 1 aliphatic rings. The molecule has 0 aliphatic carbocycles. The van der Waals surface area contributed by atoms with Crippen LogP contribution in [0.25, 0.3) is 0 Å². The lowest BCUT2D eigenvalue weighted by Gasteiger charge is -2.16. The lowest BCUT2D eigenvalue weighted by Crippen LogP contribution is -2.19. The van der Waals surface area contributed by atoms with Crippen LogP contribution >= 0.6 is 11.8 Å². The fraction of sp³-hybridized carbons (Fsp3) is 0.833. The zero-order valence-electron chi connectivity index (χ0n) is 5.17. The molecule has 1 rings (SSSR count). The van der Waals surface area contributed by atoms with Crippen LogP contribution in [-0.4, -0.2) is 22.6 Å². The number of carboxylic acids is 1. The molecule has 1 saturated heterocycles. The second-order valence-electron chi connectivity index (χ2n) is 2.25. The summed E-state index contributed by atoms with van der Waals surface area (Å²) in [5, 5.41) is 8.52. The zero-order valence-corrected chi connectivity index (χ0v) is 5.99. The van der Waals surface area contributed by atoms with E-state index in [4.69, 9.17) is 5.11 Å². The summed E-state index contributed by atoms with van der Waals surface area (Å²) in [5.41, 5.74) is 0. The van der Waals surface area contributed by atoms with E-state index in [1.807, 2.05) is 0 Å². The Kier molecular flexibility index (Phi) is 2.39. The maximum absolute atomic E-state index is 10.3. The molecular weight excluding hydrogens is 136 g/mol. The average molecular weight is 146 g/mol. The third-order valence-corrected chi connectivity index (χ3v) is 2.72. The van der Waals surface area contributed by atoms with Gasteiger partial charge in [-0.25, -0.2) is 0 Å². The molecule has 2 nitrogen and oxygen atoms in total. The van der Waals surface area contributed by atoms with E-state index in [-0.39, 0.29) is 5.92 Å². The van der Waals surface area contributed by atoms with E-state index < -0.39 is 5.97 Å². The Balaban J connectivity index is 2.31. The molecule has 9 heavy (non-hydrogen) atoms. The first kappa shape index (κ1) is 6.93. The normalized spacial score (nSPS) is 27.8. The van der Waals surface area contributed by atoms with Gasteiger partial charge in [0.15, 0.2) is 0 Å². The minimum Gasteiger partial charge on any atom is -0.481 e. The zero-order chi connectivity index (χ0) is 6.69. The second kappa shape index (κ2) is 3.11. The molecular formula is C6H10O2S. The molecule has 0 aromatic heterocycles. The van der Waals surface area contributed by atoms with Gasteiger partial charge in [0.05, 0.1) is 5.92 Å². The van der Waals surface area contributed by atoms with E-state index in [0.717, 1.165) is 24.3 Å². The summed E-state index contributed by atoms with van der Waals surface area (Å²) < 4.78 is 0. The lowest BCUT2D eigenvalue weighted by molar-refractivity contribution is -0.141. The van der Waals surface area contributed by atoms with Crippen LogP contribution < -0.4 is 0 Å². The Hall–Kier alpha value is -0.180. The van der Waals surface area contributed by atoms with Gasteiger partial charge in [-0.05, 0) is 18.6 Å². The summed E-state index contributed by atoms with van der Waals surface area (Å²) in [6, 6.07) is 0. The smallest absolute Gasteiger partial charge is 0.307 e. The minimum atomic E-state index is -0.623. The van der Waals surface area contributed by atoms with Crippen molar-refractivity contribution in [1.29, 1.82) is 0 Å². The fourth-order valence-corrected chi connectivity index (χ4v) is 2.07. The van der Waals surface area contributed by atoms with Gasteiger partial charge in [-0.15, -0.1) is 0 Å². The van der Waals surface area contributed by atoms with Crippen molar-refractivity contribution in [1.82, 2.24) is 0 Å². The van der Waals surface area contributed by atoms with Crippen molar-refractivity contribution in [2.75, 3.05) is 11.5 Å². The number of aliphatic carboxylic acids is 1. The van der Waals surface area contributed by atoms with Crippen LogP contribution in [0.15, 0.2) is 0 Å². The molecule has 0 amide bonds. The van der Waals surface area contributed by atoms with E-state index in [9.17, 15) is 4.79 Å². The SMILES string of the molecule is O=C(O)C1CCCSC1. The number of hydrogen-bond donors (Lipinski definition) is 1. The van der Waals surface area contributed by atoms with Crippen LogP contribution in [-0.2, 0) is 4.79 Å². The topological polar surface area (TPSA) is 37.3 Å². The van der Waals surface area contributed by atoms with Crippen molar-refractivity contribution >= 4 is 17.7 Å². The van der Waals surface area contributed by atoms with E-state index in [0.29, 0.717) is 0 Å². The third kappa shape index (κ3) is 1.90. The fourth-order valence-electron chi connectivity index (χ4n) is 0.935. The first-order chi connectivity index (χ1) is 4.30. The van der Waals surface area contributed by atoms with Crippen molar-refractivity contribution in [3.8, 4) is 0 Å². The second-order valence-corrected chi connectivity index (χ2v) is 3.40. The standard InChI is InChI=1S/C6H10O2S/c7-6(8)5-2-1-3-9-4-5/h5H,1-4H2,(H,7,8). The summed E-state index contributed by atoms with van der Waals surface area (Å²) in [7, 11) is 0. The van der Waals surface area contributed by atoms with E-state index >= 15 is 0 Å². The number of carboxylic acid groups (broad SMARTS) is 1. The Morgan fingerprint density at radius 3 is 2.78 bits per heavy atom. The molecule has 0 aromatic carbocycles. The monoisotopic (exact) mass is 146 g/mol. The maximum Gasteiger partial charge on any atom is 0.307 e. The lowest BCUT2D eigenvalue weighted by atomic mass is 10.1. The van der Waals surface area contributed by atoms with Gasteiger partial charge in [0.1, 0.15) is 0 Å². The highest BCUT2D eigenvalue weighted by atomic mass is 32.2. The van der Waals surface area contributed by atoms with Crippen molar-refractivity contribution in [2.45, 2.75) is 12.8 Å². The maximum atomic E-state index is 10.3. The largest absolute Gasteiger partial charge is 0.481 e.